The second kappa shape index (κ2) is 6.76. The first-order chi connectivity index (χ1) is 10.0. The van der Waals surface area contributed by atoms with Gasteiger partial charge >= 0.3 is 0 Å². The van der Waals surface area contributed by atoms with Crippen LogP contribution in [0.2, 0.25) is 0 Å². The Hall–Kier alpha value is -1.81. The quantitative estimate of drug-likeness (QED) is 0.883. The number of aryl methyl sites for hydroxylation is 1. The molecule has 3 nitrogen and oxygen atoms in total. The van der Waals surface area contributed by atoms with Gasteiger partial charge in [0.05, 0.1) is 16.3 Å². The van der Waals surface area contributed by atoms with E-state index in [0.29, 0.717) is 23.5 Å². The zero-order valence-electron chi connectivity index (χ0n) is 12.5. The van der Waals surface area contributed by atoms with Gasteiger partial charge in [-0.05, 0) is 36.6 Å². The summed E-state index contributed by atoms with van der Waals surface area (Å²) in [6, 6.07) is 15.2. The molecular weight excluding hydrogens is 282 g/mol. The van der Waals surface area contributed by atoms with Crippen LogP contribution < -0.4 is 5.32 Å². The molecule has 0 aliphatic carbocycles. The van der Waals surface area contributed by atoms with Crippen molar-refractivity contribution in [3.05, 3.63) is 59.7 Å². The van der Waals surface area contributed by atoms with Crippen molar-refractivity contribution in [1.82, 2.24) is 0 Å². The fraction of sp³-hybridized carbons (Fsp3) is 0.294. The third-order valence-corrected chi connectivity index (χ3v) is 5.40. The highest BCUT2D eigenvalue weighted by Crippen LogP contribution is 2.23. The van der Waals surface area contributed by atoms with E-state index in [-0.39, 0.29) is 5.75 Å². The summed E-state index contributed by atoms with van der Waals surface area (Å²) in [6.07, 6.45) is 0.620. The van der Waals surface area contributed by atoms with Crippen LogP contribution in [0.5, 0.6) is 0 Å². The molecule has 0 saturated carbocycles. The number of sulfone groups is 1. The number of hydrogen-bond acceptors (Lipinski definition) is 3. The summed E-state index contributed by atoms with van der Waals surface area (Å²) < 4.78 is 24.6. The van der Waals surface area contributed by atoms with Crippen molar-refractivity contribution in [3.8, 4) is 0 Å². The Labute approximate surface area is 126 Å². The van der Waals surface area contributed by atoms with E-state index in [1.807, 2.05) is 37.3 Å². The zero-order valence-corrected chi connectivity index (χ0v) is 13.3. The molecule has 0 radical (unpaired) electrons. The first-order valence-corrected chi connectivity index (χ1v) is 8.80. The van der Waals surface area contributed by atoms with Crippen molar-refractivity contribution in [1.29, 1.82) is 0 Å². The minimum Gasteiger partial charge on any atom is -0.380 e. The molecule has 0 spiro atoms. The summed E-state index contributed by atoms with van der Waals surface area (Å²) in [5.41, 5.74) is 3.04. The van der Waals surface area contributed by atoms with E-state index in [1.165, 1.54) is 11.1 Å². The van der Waals surface area contributed by atoms with Gasteiger partial charge in [0.2, 0.25) is 0 Å². The van der Waals surface area contributed by atoms with Gasteiger partial charge in [-0.3, -0.25) is 0 Å². The van der Waals surface area contributed by atoms with Crippen LogP contribution in [0.25, 0.3) is 0 Å². The molecule has 0 bridgehead atoms. The molecule has 0 unspecified atom stereocenters. The molecule has 112 valence electrons. The van der Waals surface area contributed by atoms with Gasteiger partial charge in [-0.15, -0.1) is 0 Å². The number of rotatable bonds is 6. The van der Waals surface area contributed by atoms with E-state index in [4.69, 9.17) is 0 Å². The lowest BCUT2D eigenvalue weighted by Crippen LogP contribution is -2.10. The van der Waals surface area contributed by atoms with E-state index in [1.54, 1.807) is 12.1 Å². The molecule has 2 aromatic rings. The Kier molecular flexibility index (Phi) is 5.02. The Morgan fingerprint density at radius 1 is 1.00 bits per heavy atom. The second-order valence-corrected chi connectivity index (χ2v) is 7.17. The van der Waals surface area contributed by atoms with E-state index >= 15 is 0 Å². The SMILES string of the molecule is CCCS(=O)(=O)c1ccccc1NCc1ccccc1C. The minimum atomic E-state index is -3.22. The average Bonchev–Trinajstić information content (AvgIpc) is 2.47. The number of hydrogen-bond donors (Lipinski definition) is 1. The molecule has 0 aliphatic rings. The smallest absolute Gasteiger partial charge is 0.180 e. The predicted octanol–water partition coefficient (Wildman–Crippen LogP) is 3.79. The first kappa shape index (κ1) is 15.6. The first-order valence-electron chi connectivity index (χ1n) is 7.15. The van der Waals surface area contributed by atoms with Gasteiger partial charge < -0.3 is 5.32 Å². The van der Waals surface area contributed by atoms with Gasteiger partial charge in [0, 0.05) is 6.54 Å². The maximum absolute atomic E-state index is 12.3. The van der Waals surface area contributed by atoms with E-state index in [2.05, 4.69) is 18.3 Å². The third kappa shape index (κ3) is 3.85. The van der Waals surface area contributed by atoms with Crippen molar-refractivity contribution in [3.63, 3.8) is 0 Å². The molecule has 0 fully saturated rings. The van der Waals surface area contributed by atoms with Gasteiger partial charge in [0.25, 0.3) is 0 Å². The van der Waals surface area contributed by atoms with Crippen LogP contribution in [0.15, 0.2) is 53.4 Å². The van der Waals surface area contributed by atoms with Crippen LogP contribution in [-0.4, -0.2) is 14.2 Å². The lowest BCUT2D eigenvalue weighted by atomic mass is 10.1. The van der Waals surface area contributed by atoms with Gasteiger partial charge in [-0.25, -0.2) is 8.42 Å². The van der Waals surface area contributed by atoms with E-state index in [9.17, 15) is 8.42 Å². The second-order valence-electron chi connectivity index (χ2n) is 5.10. The lowest BCUT2D eigenvalue weighted by molar-refractivity contribution is 0.595. The fourth-order valence-electron chi connectivity index (χ4n) is 2.26. The Morgan fingerprint density at radius 3 is 2.38 bits per heavy atom. The molecule has 0 atom stereocenters. The number of benzene rings is 2. The monoisotopic (exact) mass is 303 g/mol. The van der Waals surface area contributed by atoms with Crippen molar-refractivity contribution in [2.45, 2.75) is 31.7 Å². The molecule has 0 aromatic heterocycles. The summed E-state index contributed by atoms with van der Waals surface area (Å²) in [5, 5.41) is 3.26. The number of nitrogens with one attached hydrogen (secondary N) is 1. The normalized spacial score (nSPS) is 11.3. The lowest BCUT2D eigenvalue weighted by Gasteiger charge is -2.13. The highest BCUT2D eigenvalue weighted by molar-refractivity contribution is 7.91. The zero-order chi connectivity index (χ0) is 15.3. The molecule has 0 amide bonds. The number of para-hydroxylation sites is 1. The summed E-state index contributed by atoms with van der Waals surface area (Å²) in [4.78, 5) is 0.389. The van der Waals surface area contributed by atoms with Gasteiger partial charge in [0.1, 0.15) is 0 Å². The average molecular weight is 303 g/mol. The maximum Gasteiger partial charge on any atom is 0.180 e. The summed E-state index contributed by atoms with van der Waals surface area (Å²) in [6.45, 7) is 4.54. The van der Waals surface area contributed by atoms with Gasteiger partial charge in [0.15, 0.2) is 9.84 Å². The van der Waals surface area contributed by atoms with Crippen LogP contribution in [0.3, 0.4) is 0 Å². The number of anilines is 1. The van der Waals surface area contributed by atoms with Crippen molar-refractivity contribution in [2.24, 2.45) is 0 Å². The van der Waals surface area contributed by atoms with Crippen LogP contribution in [-0.2, 0) is 16.4 Å². The van der Waals surface area contributed by atoms with Crippen LogP contribution >= 0.6 is 0 Å². The molecule has 0 saturated heterocycles. The molecule has 21 heavy (non-hydrogen) atoms. The topological polar surface area (TPSA) is 46.2 Å². The Balaban J connectivity index is 2.24. The highest BCUT2D eigenvalue weighted by atomic mass is 32.2. The van der Waals surface area contributed by atoms with Crippen molar-refractivity contribution < 1.29 is 8.42 Å². The summed E-state index contributed by atoms with van der Waals surface area (Å²) in [5.74, 6) is 0.177. The largest absolute Gasteiger partial charge is 0.380 e. The molecule has 2 rings (SSSR count). The summed E-state index contributed by atoms with van der Waals surface area (Å²) >= 11 is 0. The van der Waals surface area contributed by atoms with Gasteiger partial charge in [-0.1, -0.05) is 43.3 Å². The maximum atomic E-state index is 12.3. The van der Waals surface area contributed by atoms with Gasteiger partial charge in [-0.2, -0.15) is 0 Å². The molecule has 4 heteroatoms. The molecule has 0 aliphatic heterocycles. The standard InChI is InChI=1S/C17H21NO2S/c1-3-12-21(19,20)17-11-7-6-10-16(17)18-13-15-9-5-4-8-14(15)2/h4-11,18H,3,12-13H2,1-2H3. The van der Waals surface area contributed by atoms with Crippen molar-refractivity contribution in [2.75, 3.05) is 11.1 Å². The van der Waals surface area contributed by atoms with E-state index < -0.39 is 9.84 Å². The predicted molar refractivity (Wildman–Crippen MR) is 87.3 cm³/mol. The third-order valence-electron chi connectivity index (χ3n) is 3.43. The van der Waals surface area contributed by atoms with Crippen LogP contribution in [0.4, 0.5) is 5.69 Å². The molecular formula is C17H21NO2S. The van der Waals surface area contributed by atoms with Crippen LogP contribution in [0.1, 0.15) is 24.5 Å². The minimum absolute atomic E-state index is 0.177. The molecule has 2 aromatic carbocycles. The molecule has 1 N–H and O–H groups in total. The summed E-state index contributed by atoms with van der Waals surface area (Å²) in [7, 11) is -3.22. The van der Waals surface area contributed by atoms with Crippen LogP contribution in [0, 0.1) is 6.92 Å². The Morgan fingerprint density at radius 2 is 1.67 bits per heavy atom. The van der Waals surface area contributed by atoms with E-state index in [0.717, 1.165) is 0 Å². The highest BCUT2D eigenvalue weighted by Gasteiger charge is 2.17. The fourth-order valence-corrected chi connectivity index (χ4v) is 3.78. The van der Waals surface area contributed by atoms with Crippen molar-refractivity contribution >= 4 is 15.5 Å². The Bertz CT molecular complexity index is 708. The molecule has 0 heterocycles.